The molecule has 0 radical (unpaired) electrons. The summed E-state index contributed by atoms with van der Waals surface area (Å²) in [6.45, 7) is 3.52. The van der Waals surface area contributed by atoms with E-state index in [1.165, 1.54) is 45.1 Å². The first kappa shape index (κ1) is 10.8. The van der Waals surface area contributed by atoms with E-state index in [1.807, 2.05) is 11.3 Å². The molecule has 2 aliphatic rings. The van der Waals surface area contributed by atoms with Crippen LogP contribution in [0, 0.1) is 5.92 Å². The van der Waals surface area contributed by atoms with E-state index in [0.717, 1.165) is 5.92 Å². The van der Waals surface area contributed by atoms with E-state index < -0.39 is 0 Å². The summed E-state index contributed by atoms with van der Waals surface area (Å²) in [5.41, 5.74) is 1.64. The van der Waals surface area contributed by atoms with Crippen LogP contribution in [0.5, 0.6) is 0 Å². The van der Waals surface area contributed by atoms with Crippen molar-refractivity contribution in [3.63, 3.8) is 0 Å². The van der Waals surface area contributed by atoms with E-state index in [4.69, 9.17) is 0 Å². The van der Waals surface area contributed by atoms with Gasteiger partial charge in [-0.05, 0) is 56.7 Å². The Hall–Kier alpha value is -0.340. The van der Waals surface area contributed by atoms with Crippen LogP contribution in [-0.2, 0) is 12.8 Å². The van der Waals surface area contributed by atoms with Gasteiger partial charge in [0.05, 0.1) is 0 Å². The van der Waals surface area contributed by atoms with Gasteiger partial charge in [0.15, 0.2) is 0 Å². The van der Waals surface area contributed by atoms with Gasteiger partial charge in [0.25, 0.3) is 0 Å². The lowest BCUT2D eigenvalue weighted by Crippen LogP contribution is -2.19. The zero-order valence-electron chi connectivity index (χ0n) is 10.1. The molecular formula is C14H21NS. The molecule has 1 saturated carbocycles. The average Bonchev–Trinajstić information content (AvgIpc) is 2.84. The molecule has 0 spiro atoms. The van der Waals surface area contributed by atoms with Crippen LogP contribution in [0.3, 0.4) is 0 Å². The summed E-state index contributed by atoms with van der Waals surface area (Å²) in [6, 6.07) is 3.01. The van der Waals surface area contributed by atoms with Crippen LogP contribution in [0.4, 0.5) is 0 Å². The third-order valence-corrected chi connectivity index (χ3v) is 5.31. The van der Waals surface area contributed by atoms with Gasteiger partial charge in [0, 0.05) is 15.8 Å². The van der Waals surface area contributed by atoms with Gasteiger partial charge < -0.3 is 5.32 Å². The molecule has 1 nitrogen and oxygen atoms in total. The van der Waals surface area contributed by atoms with Crippen molar-refractivity contribution in [3.8, 4) is 0 Å². The molecule has 1 fully saturated rings. The fourth-order valence-electron chi connectivity index (χ4n) is 2.58. The van der Waals surface area contributed by atoms with Gasteiger partial charge in [-0.2, -0.15) is 0 Å². The first-order chi connectivity index (χ1) is 7.83. The molecule has 1 N–H and O–H groups in total. The van der Waals surface area contributed by atoms with Crippen molar-refractivity contribution in [2.24, 2.45) is 5.92 Å². The summed E-state index contributed by atoms with van der Waals surface area (Å²) < 4.78 is 0. The van der Waals surface area contributed by atoms with Crippen LogP contribution >= 0.6 is 11.3 Å². The summed E-state index contributed by atoms with van der Waals surface area (Å²) in [4.78, 5) is 3.21. The Balaban J connectivity index is 1.53. The summed E-state index contributed by atoms with van der Waals surface area (Å²) >= 11 is 2.04. The number of nitrogens with one attached hydrogen (secondary N) is 1. The van der Waals surface area contributed by atoms with Gasteiger partial charge in [-0.1, -0.05) is 12.8 Å². The maximum Gasteiger partial charge on any atom is 0.0386 e. The lowest BCUT2D eigenvalue weighted by Gasteiger charge is -2.11. The zero-order valence-corrected chi connectivity index (χ0v) is 10.9. The topological polar surface area (TPSA) is 12.0 Å². The van der Waals surface area contributed by atoms with Crippen molar-refractivity contribution >= 4 is 11.3 Å². The Morgan fingerprint density at radius 2 is 2.31 bits per heavy atom. The second-order valence-electron chi connectivity index (χ2n) is 5.36. The minimum atomic E-state index is 0.564. The van der Waals surface area contributed by atoms with Crippen molar-refractivity contribution in [3.05, 3.63) is 21.4 Å². The molecule has 88 valence electrons. The molecule has 0 saturated heterocycles. The number of fused-ring (bicyclic) bond motifs is 1. The summed E-state index contributed by atoms with van der Waals surface area (Å²) in [5.74, 6) is 1.05. The zero-order chi connectivity index (χ0) is 11.0. The van der Waals surface area contributed by atoms with Crippen molar-refractivity contribution in [2.45, 2.75) is 51.5 Å². The highest BCUT2D eigenvalue weighted by atomic mass is 32.1. The Labute approximate surface area is 102 Å². The maximum absolute atomic E-state index is 3.67. The second kappa shape index (κ2) is 4.50. The van der Waals surface area contributed by atoms with E-state index >= 15 is 0 Å². The number of hydrogen-bond acceptors (Lipinski definition) is 2. The van der Waals surface area contributed by atoms with E-state index in [0.29, 0.717) is 6.04 Å². The molecule has 0 aromatic carbocycles. The standard InChI is InChI=1S/C14H21NS/c1-10(15-8-7-11-5-6-11)14-9-12-3-2-4-13(12)16-14/h9-11,15H,2-8H2,1H3. The van der Waals surface area contributed by atoms with Crippen molar-refractivity contribution < 1.29 is 0 Å². The van der Waals surface area contributed by atoms with Crippen LogP contribution in [-0.4, -0.2) is 6.54 Å². The lowest BCUT2D eigenvalue weighted by atomic mass is 10.2. The Kier molecular flexibility index (Phi) is 3.03. The van der Waals surface area contributed by atoms with Gasteiger partial charge >= 0.3 is 0 Å². The van der Waals surface area contributed by atoms with Crippen LogP contribution in [0.15, 0.2) is 6.07 Å². The minimum absolute atomic E-state index is 0.564. The summed E-state index contributed by atoms with van der Waals surface area (Å²) in [6.07, 6.45) is 8.36. The molecule has 0 aliphatic heterocycles. The van der Waals surface area contributed by atoms with E-state index in [9.17, 15) is 0 Å². The molecule has 3 rings (SSSR count). The first-order valence-electron chi connectivity index (χ1n) is 6.68. The quantitative estimate of drug-likeness (QED) is 0.821. The van der Waals surface area contributed by atoms with Gasteiger partial charge in [-0.25, -0.2) is 0 Å². The molecule has 2 aliphatic carbocycles. The van der Waals surface area contributed by atoms with Crippen molar-refractivity contribution in [1.82, 2.24) is 5.32 Å². The molecule has 1 heterocycles. The highest BCUT2D eigenvalue weighted by molar-refractivity contribution is 7.12. The predicted octanol–water partition coefficient (Wildman–Crippen LogP) is 3.69. The molecule has 1 aromatic rings. The van der Waals surface area contributed by atoms with Crippen molar-refractivity contribution in [1.29, 1.82) is 0 Å². The molecule has 16 heavy (non-hydrogen) atoms. The number of aryl methyl sites for hydroxylation is 2. The highest BCUT2D eigenvalue weighted by Gasteiger charge is 2.21. The van der Waals surface area contributed by atoms with Gasteiger partial charge in [-0.15, -0.1) is 11.3 Å². The van der Waals surface area contributed by atoms with Gasteiger partial charge in [0.1, 0.15) is 0 Å². The van der Waals surface area contributed by atoms with Crippen LogP contribution in [0.25, 0.3) is 0 Å². The Morgan fingerprint density at radius 3 is 3.06 bits per heavy atom. The average molecular weight is 235 g/mol. The fourth-order valence-corrected chi connectivity index (χ4v) is 3.86. The lowest BCUT2D eigenvalue weighted by molar-refractivity contribution is 0.545. The number of rotatable bonds is 5. The first-order valence-corrected chi connectivity index (χ1v) is 7.49. The Bertz CT molecular complexity index is 343. The number of hydrogen-bond donors (Lipinski definition) is 1. The predicted molar refractivity (Wildman–Crippen MR) is 70.1 cm³/mol. The molecule has 2 heteroatoms. The molecule has 1 aromatic heterocycles. The third-order valence-electron chi connectivity index (χ3n) is 3.89. The van der Waals surface area contributed by atoms with E-state index in [-0.39, 0.29) is 0 Å². The normalized spacial score (nSPS) is 21.1. The molecular weight excluding hydrogens is 214 g/mol. The van der Waals surface area contributed by atoms with Crippen LogP contribution < -0.4 is 5.32 Å². The SMILES string of the molecule is CC(NCCC1CC1)c1cc2c(s1)CCC2. The molecule has 1 atom stereocenters. The highest BCUT2D eigenvalue weighted by Crippen LogP contribution is 2.34. The Morgan fingerprint density at radius 1 is 1.44 bits per heavy atom. The van der Waals surface area contributed by atoms with Gasteiger partial charge in [-0.3, -0.25) is 0 Å². The minimum Gasteiger partial charge on any atom is -0.309 e. The summed E-state index contributed by atoms with van der Waals surface area (Å²) in [7, 11) is 0. The smallest absolute Gasteiger partial charge is 0.0386 e. The maximum atomic E-state index is 3.67. The van der Waals surface area contributed by atoms with Gasteiger partial charge in [0.2, 0.25) is 0 Å². The third kappa shape index (κ3) is 2.33. The van der Waals surface area contributed by atoms with E-state index in [1.54, 1.807) is 15.3 Å². The molecule has 0 bridgehead atoms. The molecule has 0 amide bonds. The fraction of sp³-hybridized carbons (Fsp3) is 0.714. The van der Waals surface area contributed by atoms with Crippen molar-refractivity contribution in [2.75, 3.05) is 6.54 Å². The summed E-state index contributed by atoms with van der Waals surface area (Å²) in [5, 5.41) is 3.67. The van der Waals surface area contributed by atoms with Crippen LogP contribution in [0.1, 0.15) is 54.0 Å². The second-order valence-corrected chi connectivity index (χ2v) is 6.53. The van der Waals surface area contributed by atoms with Crippen LogP contribution in [0.2, 0.25) is 0 Å². The largest absolute Gasteiger partial charge is 0.309 e. The molecule has 1 unspecified atom stereocenters. The van der Waals surface area contributed by atoms with E-state index in [2.05, 4.69) is 18.3 Å². The number of thiophene rings is 1. The monoisotopic (exact) mass is 235 g/mol.